The summed E-state index contributed by atoms with van der Waals surface area (Å²) >= 11 is 7.20. The lowest BCUT2D eigenvalue weighted by Crippen LogP contribution is -2.33. The van der Waals surface area contributed by atoms with Crippen molar-refractivity contribution in [2.75, 3.05) is 18.1 Å². The van der Waals surface area contributed by atoms with Gasteiger partial charge in [0.1, 0.15) is 5.82 Å². The fourth-order valence-corrected chi connectivity index (χ4v) is 4.25. The number of benzene rings is 1. The van der Waals surface area contributed by atoms with Crippen LogP contribution in [0.4, 0.5) is 4.39 Å². The van der Waals surface area contributed by atoms with Crippen LogP contribution in [-0.2, 0) is 11.2 Å². The van der Waals surface area contributed by atoms with Gasteiger partial charge < -0.3 is 15.1 Å². The van der Waals surface area contributed by atoms with E-state index in [0.717, 1.165) is 41.4 Å². The molecule has 0 unspecified atom stereocenters. The molecule has 27 heavy (non-hydrogen) atoms. The number of carboxylic acid groups (broad SMARTS) is 1. The van der Waals surface area contributed by atoms with Crippen LogP contribution in [0.1, 0.15) is 31.2 Å². The summed E-state index contributed by atoms with van der Waals surface area (Å²) in [7, 11) is 0. The van der Waals surface area contributed by atoms with E-state index in [9.17, 15) is 14.3 Å². The minimum atomic E-state index is -0.749. The van der Waals surface area contributed by atoms with Gasteiger partial charge >= 0.3 is 5.97 Å². The largest absolute Gasteiger partial charge is 0.481 e. The van der Waals surface area contributed by atoms with E-state index in [1.807, 2.05) is 6.08 Å². The van der Waals surface area contributed by atoms with Crippen LogP contribution >= 0.6 is 24.0 Å². The van der Waals surface area contributed by atoms with Gasteiger partial charge in [-0.2, -0.15) is 11.8 Å². The number of nitrogens with zero attached hydrogens (tertiary/aromatic N) is 1. The standard InChI is InChI=1S/C20H26FNO3S2/c21-16-5-3-15(4-6-16)14-18(23)9-7-17-8-10-19(26)22(17)11-13-27-12-1-2-20(24)25/h3-7,9,17-18,23H,1-2,8,10-14H2,(H,24,25)/t17-,18+/m0/s1. The average Bonchev–Trinajstić information content (AvgIpc) is 2.98. The summed E-state index contributed by atoms with van der Waals surface area (Å²) in [6, 6.07) is 6.37. The third kappa shape index (κ3) is 7.99. The highest BCUT2D eigenvalue weighted by molar-refractivity contribution is 7.99. The van der Waals surface area contributed by atoms with Crippen molar-refractivity contribution in [1.82, 2.24) is 4.90 Å². The molecule has 0 aromatic heterocycles. The number of carbonyl (C=O) groups is 1. The molecule has 0 radical (unpaired) electrons. The van der Waals surface area contributed by atoms with Crippen LogP contribution in [0.25, 0.3) is 0 Å². The molecule has 1 aliphatic heterocycles. The van der Waals surface area contributed by atoms with Gasteiger partial charge in [-0.15, -0.1) is 0 Å². The number of carboxylic acids is 1. The second-order valence-electron chi connectivity index (χ2n) is 6.59. The predicted octanol–water partition coefficient (Wildman–Crippen LogP) is 3.68. The second kappa shape index (κ2) is 11.4. The Kier molecular flexibility index (Phi) is 9.24. The molecule has 1 heterocycles. The van der Waals surface area contributed by atoms with Crippen LogP contribution < -0.4 is 0 Å². The normalized spacial score (nSPS) is 18.4. The topological polar surface area (TPSA) is 60.8 Å². The molecule has 1 aromatic rings. The molecule has 0 amide bonds. The Morgan fingerprint density at radius 3 is 2.81 bits per heavy atom. The molecular weight excluding hydrogens is 385 g/mol. The first-order valence-electron chi connectivity index (χ1n) is 9.15. The zero-order chi connectivity index (χ0) is 19.6. The van der Waals surface area contributed by atoms with Gasteiger partial charge in [0.25, 0.3) is 0 Å². The van der Waals surface area contributed by atoms with E-state index < -0.39 is 12.1 Å². The van der Waals surface area contributed by atoms with E-state index in [4.69, 9.17) is 17.3 Å². The number of rotatable bonds is 11. The lowest BCUT2D eigenvalue weighted by atomic mass is 10.1. The zero-order valence-electron chi connectivity index (χ0n) is 15.2. The molecule has 2 N–H and O–H groups in total. The molecule has 0 saturated carbocycles. The van der Waals surface area contributed by atoms with Crippen LogP contribution in [-0.4, -0.2) is 56.3 Å². The highest BCUT2D eigenvalue weighted by atomic mass is 32.2. The van der Waals surface area contributed by atoms with Crippen molar-refractivity contribution >= 4 is 34.9 Å². The van der Waals surface area contributed by atoms with Gasteiger partial charge in [-0.05, 0) is 36.3 Å². The first-order valence-corrected chi connectivity index (χ1v) is 10.7. The van der Waals surface area contributed by atoms with Crippen LogP contribution in [0.3, 0.4) is 0 Å². The van der Waals surface area contributed by atoms with Gasteiger partial charge in [0.15, 0.2) is 0 Å². The first kappa shape index (κ1) is 21.9. The highest BCUT2D eigenvalue weighted by Gasteiger charge is 2.25. The maximum absolute atomic E-state index is 12.9. The second-order valence-corrected chi connectivity index (χ2v) is 8.28. The van der Waals surface area contributed by atoms with Gasteiger partial charge in [-0.1, -0.05) is 36.5 Å². The molecule has 2 rings (SSSR count). The van der Waals surface area contributed by atoms with Crippen LogP contribution in [0.15, 0.2) is 36.4 Å². The first-order chi connectivity index (χ1) is 13.0. The van der Waals surface area contributed by atoms with Crippen molar-refractivity contribution in [2.24, 2.45) is 0 Å². The summed E-state index contributed by atoms with van der Waals surface area (Å²) < 4.78 is 12.9. The predicted molar refractivity (Wildman–Crippen MR) is 112 cm³/mol. The van der Waals surface area contributed by atoms with Crippen molar-refractivity contribution in [3.8, 4) is 0 Å². The van der Waals surface area contributed by atoms with Crippen molar-refractivity contribution in [3.63, 3.8) is 0 Å². The van der Waals surface area contributed by atoms with Gasteiger partial charge in [0.2, 0.25) is 0 Å². The maximum Gasteiger partial charge on any atom is 0.303 e. The van der Waals surface area contributed by atoms with Crippen molar-refractivity contribution in [2.45, 2.75) is 44.2 Å². The number of thioether (sulfide) groups is 1. The summed E-state index contributed by atoms with van der Waals surface area (Å²) in [5, 5.41) is 18.9. The quantitative estimate of drug-likeness (QED) is 0.329. The lowest BCUT2D eigenvalue weighted by molar-refractivity contribution is -0.137. The summed E-state index contributed by atoms with van der Waals surface area (Å²) in [4.78, 5) is 13.6. The molecule has 7 heteroatoms. The van der Waals surface area contributed by atoms with E-state index in [0.29, 0.717) is 12.8 Å². The average molecular weight is 412 g/mol. The molecule has 0 aliphatic carbocycles. The molecule has 1 saturated heterocycles. The highest BCUT2D eigenvalue weighted by Crippen LogP contribution is 2.22. The SMILES string of the molecule is O=C(O)CCCSCCN1C(=S)CC[C@@H]1C=C[C@@H](O)Cc1ccc(F)cc1. The van der Waals surface area contributed by atoms with E-state index in [1.54, 1.807) is 30.0 Å². The van der Waals surface area contributed by atoms with Gasteiger partial charge in [0, 0.05) is 37.6 Å². The fraction of sp³-hybridized carbons (Fsp3) is 0.500. The summed E-state index contributed by atoms with van der Waals surface area (Å²) in [5.41, 5.74) is 0.894. The van der Waals surface area contributed by atoms with Crippen LogP contribution in [0.2, 0.25) is 0 Å². The van der Waals surface area contributed by atoms with Crippen LogP contribution in [0.5, 0.6) is 0 Å². The Morgan fingerprint density at radius 2 is 2.11 bits per heavy atom. The number of aliphatic carboxylic acids is 1. The number of halogens is 1. The molecule has 1 aromatic carbocycles. The van der Waals surface area contributed by atoms with Crippen LogP contribution in [0, 0.1) is 5.82 Å². The Hall–Kier alpha value is -1.44. The smallest absolute Gasteiger partial charge is 0.303 e. The van der Waals surface area contributed by atoms with E-state index in [1.165, 1.54) is 12.1 Å². The monoisotopic (exact) mass is 411 g/mol. The minimum Gasteiger partial charge on any atom is -0.481 e. The molecule has 1 aliphatic rings. The number of hydrogen-bond acceptors (Lipinski definition) is 4. The fourth-order valence-electron chi connectivity index (χ4n) is 3.02. The Bertz CT molecular complexity index is 651. The summed E-state index contributed by atoms with van der Waals surface area (Å²) in [5.74, 6) is 0.715. The molecule has 4 nitrogen and oxygen atoms in total. The molecule has 0 spiro atoms. The number of aliphatic hydroxyl groups is 1. The van der Waals surface area contributed by atoms with Gasteiger partial charge in [0.05, 0.1) is 11.1 Å². The molecule has 2 atom stereocenters. The summed E-state index contributed by atoms with van der Waals surface area (Å²) in [6.07, 6.45) is 6.38. The number of aliphatic hydroxyl groups excluding tert-OH is 1. The number of likely N-dealkylation sites (tertiary alicyclic amines) is 1. The zero-order valence-corrected chi connectivity index (χ0v) is 16.9. The number of thiocarbonyl (C=S) groups is 1. The van der Waals surface area contributed by atoms with Crippen molar-refractivity contribution in [1.29, 1.82) is 0 Å². The number of hydrogen-bond donors (Lipinski definition) is 2. The Labute approximate surface area is 169 Å². The van der Waals surface area contributed by atoms with Gasteiger partial charge in [-0.3, -0.25) is 4.79 Å². The van der Waals surface area contributed by atoms with E-state index in [-0.39, 0.29) is 18.3 Å². The lowest BCUT2D eigenvalue weighted by Gasteiger charge is -2.24. The molecule has 0 bridgehead atoms. The van der Waals surface area contributed by atoms with E-state index in [2.05, 4.69) is 4.90 Å². The Balaban J connectivity index is 1.76. The molecule has 148 valence electrons. The minimum absolute atomic E-state index is 0.194. The molecular formula is C20H26FNO3S2. The summed E-state index contributed by atoms with van der Waals surface area (Å²) in [6.45, 7) is 0.833. The maximum atomic E-state index is 12.9. The molecule has 1 fully saturated rings. The van der Waals surface area contributed by atoms with Crippen molar-refractivity contribution in [3.05, 3.63) is 47.8 Å². The Morgan fingerprint density at radius 1 is 1.37 bits per heavy atom. The third-order valence-electron chi connectivity index (χ3n) is 4.44. The third-order valence-corrected chi connectivity index (χ3v) is 5.93. The van der Waals surface area contributed by atoms with Gasteiger partial charge in [-0.25, -0.2) is 4.39 Å². The van der Waals surface area contributed by atoms with Crippen molar-refractivity contribution < 1.29 is 19.4 Å². The van der Waals surface area contributed by atoms with E-state index >= 15 is 0 Å².